The zero-order valence-corrected chi connectivity index (χ0v) is 15.4. The minimum Gasteiger partial charge on any atom is -0.343 e. The van der Waals surface area contributed by atoms with Crippen LogP contribution >= 0.6 is 0 Å². The lowest BCUT2D eigenvalue weighted by molar-refractivity contribution is -0.129. The summed E-state index contributed by atoms with van der Waals surface area (Å²) in [5.74, 6) is -0.202. The molecule has 1 N–H and O–H groups in total. The Morgan fingerprint density at radius 2 is 1.70 bits per heavy atom. The van der Waals surface area contributed by atoms with Gasteiger partial charge in [-0.1, -0.05) is 42.5 Å². The summed E-state index contributed by atoms with van der Waals surface area (Å²) < 4.78 is 0. The molecule has 0 aliphatic carbocycles. The van der Waals surface area contributed by atoms with Crippen LogP contribution in [-0.2, 0) is 17.8 Å². The molecule has 5 nitrogen and oxygen atoms in total. The monoisotopic (exact) mass is 363 g/mol. The molecule has 2 aliphatic rings. The molecule has 2 aliphatic heterocycles. The van der Waals surface area contributed by atoms with Gasteiger partial charge in [-0.25, -0.2) is 0 Å². The van der Waals surface area contributed by atoms with Crippen molar-refractivity contribution in [3.63, 3.8) is 0 Å². The summed E-state index contributed by atoms with van der Waals surface area (Å²) in [5.41, 5.74) is 3.43. The number of carbonyl (C=O) groups excluding carboxylic acids is 2. The number of rotatable bonds is 4. The van der Waals surface area contributed by atoms with Gasteiger partial charge >= 0.3 is 0 Å². The first kappa shape index (κ1) is 17.7. The van der Waals surface area contributed by atoms with Gasteiger partial charge in [-0.3, -0.25) is 14.5 Å². The van der Waals surface area contributed by atoms with Gasteiger partial charge in [0, 0.05) is 37.8 Å². The predicted molar refractivity (Wildman–Crippen MR) is 104 cm³/mol. The summed E-state index contributed by atoms with van der Waals surface area (Å²) in [6.07, 6.45) is 2.08. The van der Waals surface area contributed by atoms with Crippen LogP contribution in [0.4, 0.5) is 0 Å². The molecule has 2 aromatic carbocycles. The third kappa shape index (κ3) is 4.03. The molecule has 1 saturated heterocycles. The lowest BCUT2D eigenvalue weighted by Crippen LogP contribution is -2.43. The Bertz CT molecular complexity index is 821. The Morgan fingerprint density at radius 1 is 0.963 bits per heavy atom. The van der Waals surface area contributed by atoms with Crippen LogP contribution in [0.25, 0.3) is 0 Å². The molecule has 2 heterocycles. The van der Waals surface area contributed by atoms with Gasteiger partial charge in [-0.2, -0.15) is 0 Å². The molecule has 0 bridgehead atoms. The van der Waals surface area contributed by atoms with Gasteiger partial charge in [0.1, 0.15) is 0 Å². The summed E-state index contributed by atoms with van der Waals surface area (Å²) >= 11 is 0. The third-order valence-electron chi connectivity index (χ3n) is 5.63. The fourth-order valence-electron chi connectivity index (χ4n) is 4.05. The number of carbonyl (C=O) groups is 2. The molecule has 140 valence electrons. The quantitative estimate of drug-likeness (QED) is 0.905. The van der Waals surface area contributed by atoms with E-state index in [0.29, 0.717) is 11.6 Å². The van der Waals surface area contributed by atoms with Crippen molar-refractivity contribution >= 4 is 11.8 Å². The Morgan fingerprint density at radius 3 is 2.52 bits per heavy atom. The van der Waals surface area contributed by atoms with Crippen LogP contribution in [0.1, 0.15) is 27.9 Å². The van der Waals surface area contributed by atoms with Crippen molar-refractivity contribution in [3.05, 3.63) is 71.3 Å². The average Bonchev–Trinajstić information content (AvgIpc) is 3.22. The summed E-state index contributed by atoms with van der Waals surface area (Å²) in [6.45, 7) is 3.59. The molecular formula is C22H25N3O2. The zero-order chi connectivity index (χ0) is 18.6. The number of likely N-dealkylation sites (tertiary alicyclic amines) is 1. The topological polar surface area (TPSA) is 52.7 Å². The van der Waals surface area contributed by atoms with Crippen molar-refractivity contribution in [2.75, 3.05) is 26.2 Å². The van der Waals surface area contributed by atoms with E-state index in [1.54, 1.807) is 12.1 Å². The van der Waals surface area contributed by atoms with Crippen molar-refractivity contribution < 1.29 is 9.59 Å². The standard InChI is InChI=1S/C22H25N3O2/c26-21(14-23-22(27)18-7-2-1-3-8-18)25-13-11-20(16-25)24-12-10-17-6-4-5-9-19(17)15-24/h1-9,20H,10-16H2,(H,23,27). The number of hydrogen-bond donors (Lipinski definition) is 1. The first-order chi connectivity index (χ1) is 13.2. The maximum atomic E-state index is 12.5. The van der Waals surface area contributed by atoms with Gasteiger partial charge in [-0.05, 0) is 36.1 Å². The van der Waals surface area contributed by atoms with Crippen molar-refractivity contribution in [3.8, 4) is 0 Å². The van der Waals surface area contributed by atoms with Gasteiger partial charge in [-0.15, -0.1) is 0 Å². The van der Waals surface area contributed by atoms with Crippen LogP contribution in [0.15, 0.2) is 54.6 Å². The van der Waals surface area contributed by atoms with Crippen molar-refractivity contribution in [2.24, 2.45) is 0 Å². The SMILES string of the molecule is O=C(NCC(=O)N1CCC(N2CCc3ccccc3C2)C1)c1ccccc1. The number of nitrogens with one attached hydrogen (secondary N) is 1. The summed E-state index contributed by atoms with van der Waals surface area (Å²) in [7, 11) is 0. The predicted octanol–water partition coefficient (Wildman–Crippen LogP) is 2.08. The van der Waals surface area contributed by atoms with Gasteiger partial charge in [0.25, 0.3) is 5.91 Å². The molecule has 0 spiro atoms. The summed E-state index contributed by atoms with van der Waals surface area (Å²) in [5, 5.41) is 2.74. The lowest BCUT2D eigenvalue weighted by atomic mass is 9.98. The minimum absolute atomic E-state index is 0.000749. The zero-order valence-electron chi connectivity index (χ0n) is 15.4. The number of amides is 2. The maximum absolute atomic E-state index is 12.5. The molecule has 5 heteroatoms. The number of nitrogens with zero attached hydrogens (tertiary/aromatic N) is 2. The second-order valence-corrected chi connectivity index (χ2v) is 7.32. The van der Waals surface area contributed by atoms with E-state index in [9.17, 15) is 9.59 Å². The van der Waals surface area contributed by atoms with Crippen LogP contribution in [0, 0.1) is 0 Å². The second-order valence-electron chi connectivity index (χ2n) is 7.32. The Labute approximate surface area is 160 Å². The van der Waals surface area contributed by atoms with E-state index in [1.165, 1.54) is 11.1 Å². The van der Waals surface area contributed by atoms with Crippen molar-refractivity contribution in [1.82, 2.24) is 15.1 Å². The molecule has 1 atom stereocenters. The molecular weight excluding hydrogens is 338 g/mol. The third-order valence-corrected chi connectivity index (χ3v) is 5.63. The molecule has 0 aromatic heterocycles. The molecule has 0 radical (unpaired) electrons. The smallest absolute Gasteiger partial charge is 0.251 e. The van der Waals surface area contributed by atoms with Gasteiger partial charge < -0.3 is 10.2 Å². The highest BCUT2D eigenvalue weighted by Crippen LogP contribution is 2.24. The Kier molecular flexibility index (Phi) is 5.21. The fraction of sp³-hybridized carbons (Fsp3) is 0.364. The molecule has 27 heavy (non-hydrogen) atoms. The van der Waals surface area contributed by atoms with Crippen LogP contribution in [0.2, 0.25) is 0 Å². The lowest BCUT2D eigenvalue weighted by Gasteiger charge is -2.33. The highest BCUT2D eigenvalue weighted by Gasteiger charge is 2.31. The van der Waals surface area contributed by atoms with Crippen LogP contribution in [0.5, 0.6) is 0 Å². The number of fused-ring (bicyclic) bond motifs is 1. The van der Waals surface area contributed by atoms with E-state index in [2.05, 4.69) is 34.5 Å². The second kappa shape index (κ2) is 7.92. The van der Waals surface area contributed by atoms with Crippen molar-refractivity contribution in [1.29, 1.82) is 0 Å². The van der Waals surface area contributed by atoms with E-state index < -0.39 is 0 Å². The fourth-order valence-corrected chi connectivity index (χ4v) is 4.05. The molecule has 4 rings (SSSR count). The number of benzene rings is 2. The molecule has 1 fully saturated rings. The van der Waals surface area contributed by atoms with E-state index >= 15 is 0 Å². The van der Waals surface area contributed by atoms with E-state index in [4.69, 9.17) is 0 Å². The summed E-state index contributed by atoms with van der Waals surface area (Å²) in [6, 6.07) is 18.0. The summed E-state index contributed by atoms with van der Waals surface area (Å²) in [4.78, 5) is 29.0. The average molecular weight is 363 g/mol. The highest BCUT2D eigenvalue weighted by molar-refractivity contribution is 5.96. The largest absolute Gasteiger partial charge is 0.343 e. The molecule has 2 amide bonds. The minimum atomic E-state index is -0.202. The molecule has 1 unspecified atom stereocenters. The first-order valence-corrected chi connectivity index (χ1v) is 9.62. The van der Waals surface area contributed by atoms with Crippen molar-refractivity contribution in [2.45, 2.75) is 25.4 Å². The highest BCUT2D eigenvalue weighted by atomic mass is 16.2. The van der Waals surface area contributed by atoms with Gasteiger partial charge in [0.15, 0.2) is 0 Å². The van der Waals surface area contributed by atoms with E-state index in [1.807, 2.05) is 23.1 Å². The molecule has 0 saturated carbocycles. The van der Waals surface area contributed by atoms with Gasteiger partial charge in [0.05, 0.1) is 6.54 Å². The van der Waals surface area contributed by atoms with Crippen LogP contribution < -0.4 is 5.32 Å². The first-order valence-electron chi connectivity index (χ1n) is 9.62. The Balaban J connectivity index is 1.28. The Hall–Kier alpha value is -2.66. The number of hydrogen-bond acceptors (Lipinski definition) is 3. The van der Waals surface area contributed by atoms with Gasteiger partial charge in [0.2, 0.25) is 5.91 Å². The van der Waals surface area contributed by atoms with Crippen LogP contribution in [0.3, 0.4) is 0 Å². The normalized spacial score (nSPS) is 19.6. The molecule has 2 aromatic rings. The van der Waals surface area contributed by atoms with Crippen LogP contribution in [-0.4, -0.2) is 53.8 Å². The maximum Gasteiger partial charge on any atom is 0.251 e. The van der Waals surface area contributed by atoms with E-state index in [-0.39, 0.29) is 18.4 Å². The van der Waals surface area contributed by atoms with E-state index in [0.717, 1.165) is 39.0 Å².